The van der Waals surface area contributed by atoms with Gasteiger partial charge in [-0.1, -0.05) is 36.4 Å². The largest absolute Gasteiger partial charge is 0.496 e. The second-order valence-corrected chi connectivity index (χ2v) is 6.17. The lowest BCUT2D eigenvalue weighted by Gasteiger charge is -2.25. The number of carbonyl (C=O) groups is 1. The minimum Gasteiger partial charge on any atom is -0.496 e. The zero-order chi connectivity index (χ0) is 17.6. The number of para-hydroxylation sites is 2. The summed E-state index contributed by atoms with van der Waals surface area (Å²) in [6.07, 6.45) is 0.897. The Morgan fingerprint density at radius 1 is 1.20 bits per heavy atom. The minimum atomic E-state index is 0.0129. The van der Waals surface area contributed by atoms with E-state index < -0.39 is 0 Å². The highest BCUT2D eigenvalue weighted by atomic mass is 16.5. The monoisotopic (exact) mass is 340 g/mol. The first-order valence-electron chi connectivity index (χ1n) is 8.56. The Kier molecular flexibility index (Phi) is 5.68. The molecule has 0 unspecified atom stereocenters. The molecule has 132 valence electrons. The zero-order valence-electron chi connectivity index (χ0n) is 14.5. The summed E-state index contributed by atoms with van der Waals surface area (Å²) in [7, 11) is 1.64. The Hall–Kier alpha value is -2.37. The van der Waals surface area contributed by atoms with E-state index in [1.807, 2.05) is 52.3 Å². The van der Waals surface area contributed by atoms with Crippen molar-refractivity contribution < 1.29 is 14.6 Å². The van der Waals surface area contributed by atoms with Crippen molar-refractivity contribution in [3.63, 3.8) is 0 Å². The Morgan fingerprint density at radius 2 is 1.96 bits per heavy atom. The maximum atomic E-state index is 12.8. The smallest absolute Gasteiger partial charge is 0.241 e. The second-order valence-electron chi connectivity index (χ2n) is 6.17. The van der Waals surface area contributed by atoms with Gasteiger partial charge in [-0.15, -0.1) is 0 Å². The van der Waals surface area contributed by atoms with Gasteiger partial charge in [0.2, 0.25) is 5.91 Å². The second kappa shape index (κ2) is 8.14. The van der Waals surface area contributed by atoms with Crippen LogP contribution in [0.3, 0.4) is 0 Å². The SMILES string of the molecule is COc1ccccc1CN(CCO)CC(=O)N1CCc2ccccc21. The van der Waals surface area contributed by atoms with Crippen LogP contribution in [0.4, 0.5) is 5.69 Å². The highest BCUT2D eigenvalue weighted by molar-refractivity contribution is 5.96. The highest BCUT2D eigenvalue weighted by Crippen LogP contribution is 2.27. The molecule has 1 aliphatic heterocycles. The number of ether oxygens (including phenoxy) is 1. The van der Waals surface area contributed by atoms with Crippen molar-refractivity contribution in [1.29, 1.82) is 0 Å². The molecule has 0 atom stereocenters. The molecule has 1 amide bonds. The van der Waals surface area contributed by atoms with Gasteiger partial charge in [0.15, 0.2) is 0 Å². The van der Waals surface area contributed by atoms with E-state index in [0.717, 1.165) is 30.0 Å². The fourth-order valence-electron chi connectivity index (χ4n) is 3.30. The van der Waals surface area contributed by atoms with Crippen LogP contribution in [0.25, 0.3) is 0 Å². The molecule has 25 heavy (non-hydrogen) atoms. The van der Waals surface area contributed by atoms with E-state index in [2.05, 4.69) is 6.07 Å². The summed E-state index contributed by atoms with van der Waals surface area (Å²) in [6.45, 7) is 2.01. The Morgan fingerprint density at radius 3 is 2.76 bits per heavy atom. The maximum Gasteiger partial charge on any atom is 0.241 e. The number of nitrogens with zero attached hydrogens (tertiary/aromatic N) is 2. The van der Waals surface area contributed by atoms with Gasteiger partial charge in [-0.25, -0.2) is 0 Å². The van der Waals surface area contributed by atoms with Crippen LogP contribution in [0.1, 0.15) is 11.1 Å². The van der Waals surface area contributed by atoms with E-state index in [1.165, 1.54) is 5.56 Å². The third kappa shape index (κ3) is 4.00. The molecule has 0 aliphatic carbocycles. The minimum absolute atomic E-state index is 0.0129. The number of aliphatic hydroxyl groups is 1. The lowest BCUT2D eigenvalue weighted by atomic mass is 10.2. The number of fused-ring (bicyclic) bond motifs is 1. The first-order valence-corrected chi connectivity index (χ1v) is 8.56. The van der Waals surface area contributed by atoms with Crippen molar-refractivity contribution in [3.8, 4) is 5.75 Å². The summed E-state index contributed by atoms with van der Waals surface area (Å²) in [5.74, 6) is 0.859. The van der Waals surface area contributed by atoms with Crippen molar-refractivity contribution in [2.24, 2.45) is 0 Å². The van der Waals surface area contributed by atoms with Gasteiger partial charge in [0.1, 0.15) is 5.75 Å². The third-order valence-corrected chi connectivity index (χ3v) is 4.55. The predicted molar refractivity (Wildman–Crippen MR) is 97.9 cm³/mol. The van der Waals surface area contributed by atoms with Gasteiger partial charge in [0.05, 0.1) is 20.3 Å². The fourth-order valence-corrected chi connectivity index (χ4v) is 3.30. The van der Waals surface area contributed by atoms with Crippen LogP contribution in [0, 0.1) is 0 Å². The number of rotatable bonds is 7. The standard InChI is InChI=1S/C20H24N2O3/c1-25-19-9-5-3-7-17(19)14-21(12-13-23)15-20(24)22-11-10-16-6-2-4-8-18(16)22/h2-9,23H,10-15H2,1H3. The van der Waals surface area contributed by atoms with Gasteiger partial charge in [-0.3, -0.25) is 9.69 Å². The van der Waals surface area contributed by atoms with E-state index in [-0.39, 0.29) is 19.1 Å². The molecule has 1 aliphatic rings. The fraction of sp³-hybridized carbons (Fsp3) is 0.350. The summed E-state index contributed by atoms with van der Waals surface area (Å²) >= 11 is 0. The normalized spacial score (nSPS) is 13.2. The van der Waals surface area contributed by atoms with Crippen molar-refractivity contribution >= 4 is 11.6 Å². The number of amides is 1. The van der Waals surface area contributed by atoms with Crippen LogP contribution in [-0.2, 0) is 17.8 Å². The Balaban J connectivity index is 1.71. The molecule has 5 heteroatoms. The Labute approximate surface area is 148 Å². The van der Waals surface area contributed by atoms with Gasteiger partial charge in [-0.05, 0) is 24.1 Å². The van der Waals surface area contributed by atoms with Crippen LogP contribution in [0.2, 0.25) is 0 Å². The average Bonchev–Trinajstić information content (AvgIpc) is 3.06. The van der Waals surface area contributed by atoms with Crippen LogP contribution in [0.5, 0.6) is 5.75 Å². The van der Waals surface area contributed by atoms with Crippen LogP contribution < -0.4 is 9.64 Å². The van der Waals surface area contributed by atoms with Crippen molar-refractivity contribution in [2.45, 2.75) is 13.0 Å². The molecular formula is C20H24N2O3. The quantitative estimate of drug-likeness (QED) is 0.838. The third-order valence-electron chi connectivity index (χ3n) is 4.55. The van der Waals surface area contributed by atoms with E-state index in [0.29, 0.717) is 13.1 Å². The van der Waals surface area contributed by atoms with Gasteiger partial charge < -0.3 is 14.7 Å². The molecule has 5 nitrogen and oxygen atoms in total. The number of aliphatic hydroxyl groups excluding tert-OH is 1. The molecule has 1 heterocycles. The molecule has 0 spiro atoms. The molecule has 0 radical (unpaired) electrons. The molecule has 2 aromatic rings. The van der Waals surface area contributed by atoms with Crippen LogP contribution in [-0.4, -0.2) is 49.3 Å². The molecular weight excluding hydrogens is 316 g/mol. The van der Waals surface area contributed by atoms with Crippen molar-refractivity contribution in [3.05, 3.63) is 59.7 Å². The first kappa shape index (κ1) is 17.5. The van der Waals surface area contributed by atoms with E-state index in [9.17, 15) is 9.90 Å². The molecule has 0 aromatic heterocycles. The number of hydrogen-bond donors (Lipinski definition) is 1. The molecule has 3 rings (SSSR count). The number of benzene rings is 2. The number of carbonyl (C=O) groups excluding carboxylic acids is 1. The van der Waals surface area contributed by atoms with Crippen LogP contribution >= 0.6 is 0 Å². The number of hydrogen-bond acceptors (Lipinski definition) is 4. The average molecular weight is 340 g/mol. The van der Waals surface area contributed by atoms with E-state index >= 15 is 0 Å². The highest BCUT2D eigenvalue weighted by Gasteiger charge is 2.25. The Bertz CT molecular complexity index is 732. The van der Waals surface area contributed by atoms with Gasteiger partial charge in [0.25, 0.3) is 0 Å². The van der Waals surface area contributed by atoms with Gasteiger partial charge >= 0.3 is 0 Å². The van der Waals surface area contributed by atoms with Crippen molar-refractivity contribution in [1.82, 2.24) is 4.90 Å². The molecule has 1 N–H and O–H groups in total. The summed E-state index contributed by atoms with van der Waals surface area (Å²) < 4.78 is 5.39. The predicted octanol–water partition coefficient (Wildman–Crippen LogP) is 2.08. The maximum absolute atomic E-state index is 12.8. The van der Waals surface area contributed by atoms with E-state index in [1.54, 1.807) is 7.11 Å². The zero-order valence-corrected chi connectivity index (χ0v) is 14.5. The lowest BCUT2D eigenvalue weighted by Crippen LogP contribution is -2.40. The lowest BCUT2D eigenvalue weighted by molar-refractivity contribution is -0.119. The van der Waals surface area contributed by atoms with Gasteiger partial charge in [-0.2, -0.15) is 0 Å². The summed E-state index contributed by atoms with van der Waals surface area (Å²) in [5, 5.41) is 9.38. The topological polar surface area (TPSA) is 53.0 Å². The summed E-state index contributed by atoms with van der Waals surface area (Å²) in [5.41, 5.74) is 3.23. The van der Waals surface area contributed by atoms with Crippen LogP contribution in [0.15, 0.2) is 48.5 Å². The molecule has 0 bridgehead atoms. The molecule has 2 aromatic carbocycles. The number of anilines is 1. The first-order chi connectivity index (χ1) is 12.2. The van der Waals surface area contributed by atoms with E-state index in [4.69, 9.17) is 4.74 Å². The molecule has 0 saturated carbocycles. The number of methoxy groups -OCH3 is 1. The molecule has 0 saturated heterocycles. The summed E-state index contributed by atoms with van der Waals surface area (Å²) in [6, 6.07) is 15.8. The summed E-state index contributed by atoms with van der Waals surface area (Å²) in [4.78, 5) is 16.6. The molecule has 0 fully saturated rings. The van der Waals surface area contributed by atoms with Crippen molar-refractivity contribution in [2.75, 3.05) is 38.3 Å². The van der Waals surface area contributed by atoms with Gasteiger partial charge in [0, 0.05) is 30.9 Å².